The molecule has 37 heavy (non-hydrogen) atoms. The number of rotatable bonds is 9. The number of benzene rings is 3. The largest absolute Gasteiger partial charge is 0.493 e. The normalized spacial score (nSPS) is 13.9. The summed E-state index contributed by atoms with van der Waals surface area (Å²) in [5.41, 5.74) is 3.25. The van der Waals surface area contributed by atoms with Crippen molar-refractivity contribution in [3.8, 4) is 17.2 Å². The van der Waals surface area contributed by atoms with Crippen molar-refractivity contribution < 1.29 is 27.4 Å². The topological polar surface area (TPSA) is 94.2 Å². The van der Waals surface area contributed by atoms with E-state index in [9.17, 15) is 13.2 Å². The molecule has 1 N–H and O–H groups in total. The third kappa shape index (κ3) is 5.67. The van der Waals surface area contributed by atoms with Crippen LogP contribution >= 0.6 is 0 Å². The van der Waals surface area contributed by atoms with E-state index in [1.54, 1.807) is 39.3 Å². The van der Waals surface area contributed by atoms with Gasteiger partial charge in [-0.1, -0.05) is 24.3 Å². The molecule has 0 aliphatic carbocycles. The summed E-state index contributed by atoms with van der Waals surface area (Å²) in [7, 11) is -0.599. The molecule has 1 atom stereocenters. The molecule has 3 aromatic rings. The molecular weight excluding hydrogens is 492 g/mol. The minimum absolute atomic E-state index is 0.195. The number of amides is 1. The Labute approximate surface area is 218 Å². The van der Waals surface area contributed by atoms with E-state index in [1.165, 1.54) is 10.4 Å². The van der Waals surface area contributed by atoms with Crippen LogP contribution in [0.4, 0.5) is 5.69 Å². The lowest BCUT2D eigenvalue weighted by Gasteiger charge is -2.30. The molecule has 0 bridgehead atoms. The maximum atomic E-state index is 13.4. The first kappa shape index (κ1) is 26.3. The monoisotopic (exact) mass is 524 g/mol. The minimum atomic E-state index is -3.72. The quantitative estimate of drug-likeness (QED) is 0.446. The van der Waals surface area contributed by atoms with Crippen molar-refractivity contribution in [2.75, 3.05) is 31.7 Å². The van der Waals surface area contributed by atoms with Gasteiger partial charge in [-0.15, -0.1) is 0 Å². The van der Waals surface area contributed by atoms with Gasteiger partial charge >= 0.3 is 0 Å². The molecule has 0 saturated carbocycles. The summed E-state index contributed by atoms with van der Waals surface area (Å²) in [4.78, 5) is 12.7. The number of nitrogens with one attached hydrogen (secondary N) is 1. The average Bonchev–Trinajstić information content (AvgIpc) is 2.91. The number of sulfonamides is 1. The number of hydrogen-bond donors (Lipinski definition) is 1. The van der Waals surface area contributed by atoms with Crippen molar-refractivity contribution in [3.63, 3.8) is 0 Å². The van der Waals surface area contributed by atoms with E-state index in [4.69, 9.17) is 14.2 Å². The van der Waals surface area contributed by atoms with Crippen LogP contribution in [0.5, 0.6) is 17.2 Å². The molecule has 3 aromatic carbocycles. The van der Waals surface area contributed by atoms with Gasteiger partial charge in [-0.2, -0.15) is 0 Å². The van der Waals surface area contributed by atoms with Crippen LogP contribution in [0.25, 0.3) is 0 Å². The maximum Gasteiger partial charge on any atom is 0.264 e. The lowest BCUT2D eigenvalue weighted by molar-refractivity contribution is -0.123. The standard InChI is InChI=1S/C28H32N2O6S/c1-19-16-23(37(32,33)30-15-7-9-21-8-5-6-10-24(21)30)12-14-25(19)36-18-28(31)29-20(2)22-11-13-26(34-3)27(17-22)35-4/h5-6,8,10-14,16-17,20H,7,9,15,18H2,1-4H3,(H,29,31)/t20-/m1/s1. The second kappa shape index (κ2) is 11.1. The van der Waals surface area contributed by atoms with Crippen LogP contribution in [0.1, 0.15) is 36.1 Å². The Hall–Kier alpha value is -3.72. The maximum absolute atomic E-state index is 13.4. The van der Waals surface area contributed by atoms with Gasteiger partial charge in [0.15, 0.2) is 18.1 Å². The number of carbonyl (C=O) groups excluding carboxylic acids is 1. The fourth-order valence-corrected chi connectivity index (χ4v) is 6.08. The summed E-state index contributed by atoms with van der Waals surface area (Å²) in [6, 6.07) is 17.5. The lowest BCUT2D eigenvalue weighted by atomic mass is 10.0. The van der Waals surface area contributed by atoms with E-state index < -0.39 is 10.0 Å². The third-order valence-corrected chi connectivity index (χ3v) is 8.26. The van der Waals surface area contributed by atoms with E-state index in [1.807, 2.05) is 43.3 Å². The van der Waals surface area contributed by atoms with Gasteiger partial charge in [0, 0.05) is 6.54 Å². The molecule has 1 aliphatic rings. The third-order valence-electron chi connectivity index (χ3n) is 6.45. The van der Waals surface area contributed by atoms with Gasteiger partial charge in [-0.25, -0.2) is 8.42 Å². The summed E-state index contributed by atoms with van der Waals surface area (Å²) in [5.74, 6) is 1.34. The number of fused-ring (bicyclic) bond motifs is 1. The molecule has 4 rings (SSSR count). The van der Waals surface area contributed by atoms with Gasteiger partial charge in [-0.05, 0) is 79.8 Å². The van der Waals surface area contributed by atoms with Crippen LogP contribution in [0, 0.1) is 6.92 Å². The number of nitrogens with zero attached hydrogens (tertiary/aromatic N) is 1. The molecule has 0 spiro atoms. The van der Waals surface area contributed by atoms with Crippen LogP contribution < -0.4 is 23.8 Å². The molecule has 1 heterocycles. The molecule has 0 saturated heterocycles. The Morgan fingerprint density at radius 3 is 2.46 bits per heavy atom. The molecule has 196 valence electrons. The van der Waals surface area contributed by atoms with Crippen molar-refractivity contribution in [1.82, 2.24) is 5.32 Å². The van der Waals surface area contributed by atoms with Crippen molar-refractivity contribution in [2.45, 2.75) is 37.6 Å². The highest BCUT2D eigenvalue weighted by molar-refractivity contribution is 7.92. The molecule has 0 fully saturated rings. The zero-order valence-electron chi connectivity index (χ0n) is 21.5. The zero-order valence-corrected chi connectivity index (χ0v) is 22.3. The Kier molecular flexibility index (Phi) is 7.92. The first-order valence-corrected chi connectivity index (χ1v) is 13.5. The predicted octanol–water partition coefficient (Wildman–Crippen LogP) is 4.41. The first-order chi connectivity index (χ1) is 17.7. The summed E-state index contributed by atoms with van der Waals surface area (Å²) in [6.07, 6.45) is 1.63. The van der Waals surface area contributed by atoms with Gasteiger partial charge < -0.3 is 19.5 Å². The fraction of sp³-hybridized carbons (Fsp3) is 0.321. The highest BCUT2D eigenvalue weighted by Gasteiger charge is 2.29. The Morgan fingerprint density at radius 2 is 1.73 bits per heavy atom. The van der Waals surface area contributed by atoms with Crippen LogP contribution in [0.2, 0.25) is 0 Å². The van der Waals surface area contributed by atoms with Crippen molar-refractivity contribution in [2.24, 2.45) is 0 Å². The molecule has 8 nitrogen and oxygen atoms in total. The van der Waals surface area contributed by atoms with E-state index in [-0.39, 0.29) is 23.5 Å². The van der Waals surface area contributed by atoms with Gasteiger partial charge in [0.1, 0.15) is 5.75 Å². The Morgan fingerprint density at radius 1 is 1.00 bits per heavy atom. The number of aryl methyl sites for hydroxylation is 2. The second-order valence-corrected chi connectivity index (χ2v) is 10.8. The zero-order chi connectivity index (χ0) is 26.6. The van der Waals surface area contributed by atoms with Crippen molar-refractivity contribution in [3.05, 3.63) is 77.4 Å². The molecule has 1 amide bonds. The van der Waals surface area contributed by atoms with Gasteiger partial charge in [0.2, 0.25) is 0 Å². The second-order valence-electron chi connectivity index (χ2n) is 8.93. The molecule has 1 aliphatic heterocycles. The molecule has 0 aromatic heterocycles. The minimum Gasteiger partial charge on any atom is -0.493 e. The van der Waals surface area contributed by atoms with Crippen LogP contribution in [0.3, 0.4) is 0 Å². The van der Waals surface area contributed by atoms with Gasteiger partial charge in [-0.3, -0.25) is 9.10 Å². The summed E-state index contributed by atoms with van der Waals surface area (Å²) in [6.45, 7) is 3.87. The number of ether oxygens (including phenoxy) is 3. The molecule has 9 heteroatoms. The molecular formula is C28H32N2O6S. The molecule has 0 radical (unpaired) electrons. The van der Waals surface area contributed by atoms with Crippen LogP contribution in [-0.4, -0.2) is 41.7 Å². The van der Waals surface area contributed by atoms with Crippen molar-refractivity contribution in [1.29, 1.82) is 0 Å². The van der Waals surface area contributed by atoms with Crippen LogP contribution in [0.15, 0.2) is 65.6 Å². The number of anilines is 1. The fourth-order valence-electron chi connectivity index (χ4n) is 4.45. The number of methoxy groups -OCH3 is 2. The first-order valence-electron chi connectivity index (χ1n) is 12.1. The van der Waals surface area contributed by atoms with E-state index in [0.29, 0.717) is 29.4 Å². The number of carbonyl (C=O) groups is 1. The van der Waals surface area contributed by atoms with Gasteiger partial charge in [0.25, 0.3) is 15.9 Å². The summed E-state index contributed by atoms with van der Waals surface area (Å²) < 4.78 is 44.6. The summed E-state index contributed by atoms with van der Waals surface area (Å²) >= 11 is 0. The SMILES string of the molecule is COc1ccc([C@@H](C)NC(=O)COc2ccc(S(=O)(=O)N3CCCc4ccccc43)cc2C)cc1OC. The summed E-state index contributed by atoms with van der Waals surface area (Å²) in [5, 5.41) is 2.90. The van der Waals surface area contributed by atoms with E-state index in [0.717, 1.165) is 29.7 Å². The van der Waals surface area contributed by atoms with Crippen LogP contribution in [-0.2, 0) is 21.2 Å². The Bertz CT molecular complexity index is 1390. The number of hydrogen-bond acceptors (Lipinski definition) is 6. The Balaban J connectivity index is 1.41. The highest BCUT2D eigenvalue weighted by Crippen LogP contribution is 2.33. The van der Waals surface area contributed by atoms with Gasteiger partial charge in [0.05, 0.1) is 30.8 Å². The predicted molar refractivity (Wildman–Crippen MR) is 142 cm³/mol. The number of para-hydroxylation sites is 1. The smallest absolute Gasteiger partial charge is 0.264 e. The molecule has 0 unspecified atom stereocenters. The van der Waals surface area contributed by atoms with Crippen molar-refractivity contribution >= 4 is 21.6 Å². The highest BCUT2D eigenvalue weighted by atomic mass is 32.2. The van der Waals surface area contributed by atoms with E-state index >= 15 is 0 Å². The average molecular weight is 525 g/mol. The lowest BCUT2D eigenvalue weighted by Crippen LogP contribution is -2.35. The van der Waals surface area contributed by atoms with E-state index in [2.05, 4.69) is 5.32 Å².